The quantitative estimate of drug-likeness (QED) is 0.0833. The van der Waals surface area contributed by atoms with Crippen molar-refractivity contribution in [3.8, 4) is 11.5 Å². The Hall–Kier alpha value is -4.85. The Morgan fingerprint density at radius 1 is 0.773 bits per heavy atom. The Bertz CT molecular complexity index is 1670. The maximum absolute atomic E-state index is 12.8. The molecule has 8 nitrogen and oxygen atoms in total. The van der Waals surface area contributed by atoms with Gasteiger partial charge in [-0.25, -0.2) is 0 Å². The van der Waals surface area contributed by atoms with Crippen LogP contribution >= 0.6 is 0 Å². The second kappa shape index (κ2) is 14.6. The number of unbranched alkanes of at least 4 members (excludes halogenated alkanes) is 1. The summed E-state index contributed by atoms with van der Waals surface area (Å²) in [5.41, 5.74) is 7.13. The number of ketones is 1. The van der Waals surface area contributed by atoms with Gasteiger partial charge < -0.3 is 24.3 Å². The fourth-order valence-corrected chi connectivity index (χ4v) is 5.40. The topological polar surface area (TPSA) is 115 Å². The molecular weight excluding hydrogens is 558 g/mol. The van der Waals surface area contributed by atoms with Crippen molar-refractivity contribution in [1.82, 2.24) is 4.57 Å². The molecule has 0 spiro atoms. The number of nitrogens with zero attached hydrogens (tertiary/aromatic N) is 1. The molecule has 3 aromatic carbocycles. The van der Waals surface area contributed by atoms with Crippen LogP contribution in [0.2, 0.25) is 0 Å². The van der Waals surface area contributed by atoms with Gasteiger partial charge in [-0.3, -0.25) is 14.4 Å². The van der Waals surface area contributed by atoms with E-state index in [1.165, 1.54) is 11.8 Å². The summed E-state index contributed by atoms with van der Waals surface area (Å²) in [5.74, 6) is -0.697. The van der Waals surface area contributed by atoms with Gasteiger partial charge >= 0.3 is 11.9 Å². The molecule has 0 radical (unpaired) electrons. The number of carboxylic acid groups (broad SMARTS) is 2. The van der Waals surface area contributed by atoms with E-state index in [9.17, 15) is 19.5 Å². The molecule has 0 aliphatic rings. The van der Waals surface area contributed by atoms with Gasteiger partial charge in [-0.15, -0.1) is 0 Å². The molecule has 0 bridgehead atoms. The first-order valence-corrected chi connectivity index (χ1v) is 14.7. The summed E-state index contributed by atoms with van der Waals surface area (Å²) < 4.78 is 13.5. The summed E-state index contributed by atoms with van der Waals surface area (Å²) in [5, 5.41) is 19.1. The van der Waals surface area contributed by atoms with Crippen LogP contribution in [0.1, 0.15) is 69.4 Å². The zero-order valence-corrected chi connectivity index (χ0v) is 25.7. The SMILES string of the molecule is Cc1cc(C)c(OCCCCOc2ccc(C=Cc3c(C)ccc4c(C(=O)CCC(=O)O)cn(CC(=O)O)c34)cc2)c(C)c1. The normalized spacial score (nSPS) is 11.3. The van der Waals surface area contributed by atoms with Crippen LogP contribution in [0.4, 0.5) is 0 Å². The Balaban J connectivity index is 1.40. The lowest BCUT2D eigenvalue weighted by Crippen LogP contribution is -2.08. The van der Waals surface area contributed by atoms with Gasteiger partial charge in [0.15, 0.2) is 5.78 Å². The predicted molar refractivity (Wildman–Crippen MR) is 172 cm³/mol. The van der Waals surface area contributed by atoms with Gasteiger partial charge in [0, 0.05) is 29.1 Å². The third-order valence-electron chi connectivity index (χ3n) is 7.45. The monoisotopic (exact) mass is 597 g/mol. The van der Waals surface area contributed by atoms with E-state index in [0.29, 0.717) is 29.7 Å². The van der Waals surface area contributed by atoms with Crippen molar-refractivity contribution in [1.29, 1.82) is 0 Å². The van der Waals surface area contributed by atoms with Crippen LogP contribution in [0, 0.1) is 27.7 Å². The first-order chi connectivity index (χ1) is 21.0. The molecule has 230 valence electrons. The first-order valence-electron chi connectivity index (χ1n) is 14.7. The third-order valence-corrected chi connectivity index (χ3v) is 7.45. The Morgan fingerprint density at radius 3 is 2.07 bits per heavy atom. The van der Waals surface area contributed by atoms with E-state index in [4.69, 9.17) is 14.6 Å². The van der Waals surface area contributed by atoms with Crippen LogP contribution in [0.15, 0.2) is 54.7 Å². The third kappa shape index (κ3) is 8.16. The largest absolute Gasteiger partial charge is 0.494 e. The molecule has 2 N–H and O–H groups in total. The van der Waals surface area contributed by atoms with Crippen LogP contribution in [0.3, 0.4) is 0 Å². The number of carbonyl (C=O) groups excluding carboxylic acids is 1. The van der Waals surface area contributed by atoms with E-state index < -0.39 is 11.9 Å². The molecule has 0 aliphatic carbocycles. The van der Waals surface area contributed by atoms with Gasteiger partial charge in [-0.05, 0) is 74.9 Å². The summed E-state index contributed by atoms with van der Waals surface area (Å²) in [4.78, 5) is 35.4. The molecule has 0 saturated carbocycles. The molecule has 44 heavy (non-hydrogen) atoms. The number of fused-ring (bicyclic) bond motifs is 1. The summed E-state index contributed by atoms with van der Waals surface area (Å²) in [7, 11) is 0. The predicted octanol–water partition coefficient (Wildman–Crippen LogP) is 7.42. The van der Waals surface area contributed by atoms with Crippen molar-refractivity contribution in [2.24, 2.45) is 0 Å². The molecule has 0 amide bonds. The molecule has 0 saturated heterocycles. The number of Topliss-reactive ketones (excluding diaryl/α,β-unsaturated/α-hetero) is 1. The Labute approximate surface area is 257 Å². The second-order valence-electron chi connectivity index (χ2n) is 11.1. The van der Waals surface area contributed by atoms with Crippen LogP contribution in [0.5, 0.6) is 11.5 Å². The number of aryl methyl sites for hydroxylation is 4. The smallest absolute Gasteiger partial charge is 0.323 e. The summed E-state index contributed by atoms with van der Waals surface area (Å²) in [6.07, 6.45) is 6.67. The fraction of sp³-hybridized carbons (Fsp3) is 0.306. The average molecular weight is 598 g/mol. The maximum atomic E-state index is 12.8. The molecule has 0 atom stereocenters. The lowest BCUT2D eigenvalue weighted by molar-refractivity contribution is -0.138. The number of aliphatic carboxylic acids is 2. The van der Waals surface area contributed by atoms with Gasteiger partial charge in [-0.2, -0.15) is 0 Å². The van der Waals surface area contributed by atoms with E-state index in [1.54, 1.807) is 10.6 Å². The van der Waals surface area contributed by atoms with E-state index >= 15 is 0 Å². The van der Waals surface area contributed by atoms with Crippen molar-refractivity contribution in [3.05, 3.63) is 93.7 Å². The standard InChI is InChI=1S/C36H39NO7/c1-23-19-25(3)36(26(4)20-23)44-18-6-5-17-43-28-11-8-27(9-12-28)10-14-29-24(2)7-13-30-31(32(38)15-16-33(39)40)21-37(35(29)30)22-34(41)42/h7-14,19-21H,5-6,15-18,22H2,1-4H3,(H,39,40)(H,41,42). The van der Waals surface area contributed by atoms with Gasteiger partial charge in [0.1, 0.15) is 18.0 Å². The van der Waals surface area contributed by atoms with Gasteiger partial charge in [0.25, 0.3) is 0 Å². The highest BCUT2D eigenvalue weighted by molar-refractivity contribution is 6.10. The van der Waals surface area contributed by atoms with E-state index in [0.717, 1.165) is 52.2 Å². The summed E-state index contributed by atoms with van der Waals surface area (Å²) in [6.45, 7) is 9.05. The maximum Gasteiger partial charge on any atom is 0.323 e. The van der Waals surface area contributed by atoms with Crippen LogP contribution in [-0.4, -0.2) is 45.7 Å². The van der Waals surface area contributed by atoms with E-state index in [1.807, 2.05) is 49.4 Å². The molecule has 0 fully saturated rings. The number of ether oxygens (including phenoxy) is 2. The van der Waals surface area contributed by atoms with E-state index in [-0.39, 0.29) is 25.2 Å². The van der Waals surface area contributed by atoms with Crippen molar-refractivity contribution in [3.63, 3.8) is 0 Å². The second-order valence-corrected chi connectivity index (χ2v) is 11.1. The average Bonchev–Trinajstić information content (AvgIpc) is 3.32. The molecule has 4 aromatic rings. The van der Waals surface area contributed by atoms with Crippen molar-refractivity contribution in [2.75, 3.05) is 13.2 Å². The summed E-state index contributed by atoms with van der Waals surface area (Å²) >= 11 is 0. The van der Waals surface area contributed by atoms with Gasteiger partial charge in [-0.1, -0.05) is 54.1 Å². The number of rotatable bonds is 15. The molecule has 4 rings (SSSR count). The van der Waals surface area contributed by atoms with Crippen LogP contribution in [0.25, 0.3) is 23.1 Å². The zero-order chi connectivity index (χ0) is 31.8. The number of hydrogen-bond acceptors (Lipinski definition) is 5. The molecule has 0 unspecified atom stereocenters. The number of benzene rings is 3. The molecule has 1 heterocycles. The van der Waals surface area contributed by atoms with E-state index in [2.05, 4.69) is 32.9 Å². The van der Waals surface area contributed by atoms with Crippen molar-refractivity contribution in [2.45, 2.75) is 59.9 Å². The first kappa shape index (κ1) is 32.1. The minimum atomic E-state index is -1.06. The molecule has 1 aromatic heterocycles. The Morgan fingerprint density at radius 2 is 1.43 bits per heavy atom. The Kier molecular flexibility index (Phi) is 10.6. The zero-order valence-electron chi connectivity index (χ0n) is 25.7. The molecule has 0 aliphatic heterocycles. The summed E-state index contributed by atoms with van der Waals surface area (Å²) in [6, 6.07) is 15.7. The fourth-order valence-electron chi connectivity index (χ4n) is 5.40. The number of carbonyl (C=O) groups is 3. The number of aromatic nitrogens is 1. The van der Waals surface area contributed by atoms with Crippen LogP contribution in [-0.2, 0) is 16.1 Å². The highest BCUT2D eigenvalue weighted by Crippen LogP contribution is 2.30. The van der Waals surface area contributed by atoms with Gasteiger partial charge in [0.05, 0.1) is 25.2 Å². The van der Waals surface area contributed by atoms with Crippen LogP contribution < -0.4 is 9.47 Å². The lowest BCUT2D eigenvalue weighted by atomic mass is 9.99. The highest BCUT2D eigenvalue weighted by atomic mass is 16.5. The number of hydrogen-bond donors (Lipinski definition) is 2. The highest BCUT2D eigenvalue weighted by Gasteiger charge is 2.19. The van der Waals surface area contributed by atoms with Gasteiger partial charge in [0.2, 0.25) is 0 Å². The minimum Gasteiger partial charge on any atom is -0.494 e. The van der Waals surface area contributed by atoms with Crippen molar-refractivity contribution < 1.29 is 34.1 Å². The lowest BCUT2D eigenvalue weighted by Gasteiger charge is -2.13. The minimum absolute atomic E-state index is 0.157. The molecular formula is C36H39NO7. The molecule has 8 heteroatoms. The van der Waals surface area contributed by atoms with Crippen molar-refractivity contribution >= 4 is 40.8 Å². The number of carboxylic acids is 2.